The largest absolute Gasteiger partial charge is 0.459 e. The van der Waals surface area contributed by atoms with E-state index in [-0.39, 0.29) is 40.4 Å². The van der Waals surface area contributed by atoms with Crippen LogP contribution in [0.15, 0.2) is 60.7 Å². The minimum atomic E-state index is -0.600. The molecule has 214 valence electrons. The molecule has 4 saturated heterocycles. The Morgan fingerprint density at radius 2 is 0.825 bits per heavy atom. The number of esters is 2. The van der Waals surface area contributed by atoms with Crippen LogP contribution >= 0.6 is 0 Å². The molecule has 4 aliphatic heterocycles. The lowest BCUT2D eigenvalue weighted by Gasteiger charge is -2.50. The van der Waals surface area contributed by atoms with Crippen LogP contribution in [0.4, 0.5) is 0 Å². The number of carbonyl (C=O) groups excluding carboxylic acids is 2. The van der Waals surface area contributed by atoms with E-state index in [1.165, 1.54) is 0 Å². The molecule has 0 amide bonds. The van der Waals surface area contributed by atoms with Gasteiger partial charge in [0.1, 0.15) is 89.2 Å². The van der Waals surface area contributed by atoms with Crippen LogP contribution < -0.4 is 0 Å². The van der Waals surface area contributed by atoms with Gasteiger partial charge in [-0.1, -0.05) is 36.4 Å². The molecule has 4 heterocycles. The molecule has 2 aromatic rings. The van der Waals surface area contributed by atoms with E-state index in [1.807, 2.05) is 12.1 Å². The van der Waals surface area contributed by atoms with Gasteiger partial charge in [0.25, 0.3) is 0 Å². The van der Waals surface area contributed by atoms with Crippen LogP contribution in [-0.4, -0.2) is 101 Å². The summed E-state index contributed by atoms with van der Waals surface area (Å²) < 4.78 is 57.9. The molecule has 0 radical (unpaired) electrons. The van der Waals surface area contributed by atoms with Gasteiger partial charge >= 0.3 is 11.9 Å². The van der Waals surface area contributed by atoms with Crippen molar-refractivity contribution in [3.8, 4) is 0 Å². The third-order valence-corrected chi connectivity index (χ3v) is 7.26. The second kappa shape index (κ2) is 12.7. The average Bonchev–Trinajstić information content (AvgIpc) is 3.02. The smallest absolute Gasteiger partial charge is 0.338 e. The van der Waals surface area contributed by atoms with Crippen molar-refractivity contribution in [3.05, 3.63) is 71.8 Å². The zero-order chi connectivity index (χ0) is 27.3. The topological polar surface area (TPSA) is 126 Å². The second-order valence-corrected chi connectivity index (χ2v) is 9.60. The SMILES string of the molecule is O=C(OC[C@H]1OCO[C@@H]2[C@H]([C@@H]3OCO[C@H]4[C@@H]3OCO[C@@H]4COC(=O)c3ccccc3)OCO[C@@H]21)c1ccccc1. The number of hydrogen-bond acceptors (Lipinski definition) is 12. The first-order valence-electron chi connectivity index (χ1n) is 13.1. The van der Waals surface area contributed by atoms with Gasteiger partial charge in [0.2, 0.25) is 0 Å². The van der Waals surface area contributed by atoms with Crippen LogP contribution in [0.1, 0.15) is 20.7 Å². The Morgan fingerprint density at radius 3 is 1.23 bits per heavy atom. The third kappa shape index (κ3) is 5.90. The standard InChI is InChI=1S/C28H30O12/c29-27(17-7-3-1-4-8-17)31-11-19-21-23(37-13-33-19)25(39-15-35-21)26-24-22(36-16-40-26)20(34-14-38-24)12-32-28(30)18-9-5-2-6-10-18/h1-10,19-26H,11-16H2/t19-,20-,21-,22-,23+,24+,25-,26-/m1/s1. The molecule has 0 unspecified atom stereocenters. The molecular formula is C28H30O12. The lowest BCUT2D eigenvalue weighted by atomic mass is 9.90. The molecule has 40 heavy (non-hydrogen) atoms. The molecule has 12 heteroatoms. The van der Waals surface area contributed by atoms with Crippen molar-refractivity contribution >= 4 is 11.9 Å². The van der Waals surface area contributed by atoms with E-state index < -0.39 is 60.8 Å². The van der Waals surface area contributed by atoms with Crippen LogP contribution in [0.25, 0.3) is 0 Å². The van der Waals surface area contributed by atoms with Gasteiger partial charge in [-0.05, 0) is 24.3 Å². The van der Waals surface area contributed by atoms with Crippen LogP contribution in [0.3, 0.4) is 0 Å². The van der Waals surface area contributed by atoms with Gasteiger partial charge in [0.15, 0.2) is 0 Å². The summed E-state index contributed by atoms with van der Waals surface area (Å²) in [4.78, 5) is 24.9. The van der Waals surface area contributed by atoms with Crippen molar-refractivity contribution in [3.63, 3.8) is 0 Å². The summed E-state index contributed by atoms with van der Waals surface area (Å²) in [6.45, 7) is -0.229. The quantitative estimate of drug-likeness (QED) is 0.459. The van der Waals surface area contributed by atoms with Crippen LogP contribution in [0, 0.1) is 0 Å². The van der Waals surface area contributed by atoms with Crippen molar-refractivity contribution in [1.82, 2.24) is 0 Å². The minimum Gasteiger partial charge on any atom is -0.459 e. The maximum Gasteiger partial charge on any atom is 0.338 e. The number of carbonyl (C=O) groups is 2. The Labute approximate surface area is 230 Å². The molecule has 0 aromatic heterocycles. The van der Waals surface area contributed by atoms with Crippen LogP contribution in [0.2, 0.25) is 0 Å². The van der Waals surface area contributed by atoms with E-state index in [4.69, 9.17) is 47.4 Å². The summed E-state index contributed by atoms with van der Waals surface area (Å²) in [5, 5.41) is 0. The predicted octanol–water partition coefficient (Wildman–Crippen LogP) is 1.67. The van der Waals surface area contributed by atoms with Crippen LogP contribution in [-0.2, 0) is 47.4 Å². The summed E-state index contributed by atoms with van der Waals surface area (Å²) in [5.41, 5.74) is 0.887. The number of benzene rings is 2. The van der Waals surface area contributed by atoms with Gasteiger partial charge in [0.05, 0.1) is 11.1 Å². The lowest BCUT2D eigenvalue weighted by Crippen LogP contribution is -2.67. The fourth-order valence-corrected chi connectivity index (χ4v) is 5.24. The molecule has 4 aliphatic rings. The summed E-state index contributed by atoms with van der Waals surface area (Å²) in [6.07, 6.45) is -4.69. The Kier molecular flexibility index (Phi) is 8.65. The molecule has 0 spiro atoms. The highest BCUT2D eigenvalue weighted by molar-refractivity contribution is 5.89. The molecular weight excluding hydrogens is 528 g/mol. The van der Waals surface area contributed by atoms with Crippen LogP contribution in [0.5, 0.6) is 0 Å². The monoisotopic (exact) mass is 558 g/mol. The normalized spacial score (nSPS) is 33.7. The first-order chi connectivity index (χ1) is 19.7. The number of fused-ring (bicyclic) bond motifs is 2. The Bertz CT molecular complexity index is 1040. The molecule has 0 saturated carbocycles. The molecule has 0 bridgehead atoms. The molecule has 0 N–H and O–H groups in total. The fourth-order valence-electron chi connectivity index (χ4n) is 5.24. The maximum atomic E-state index is 12.5. The average molecular weight is 559 g/mol. The van der Waals surface area contributed by atoms with Gasteiger partial charge in [-0.25, -0.2) is 9.59 Å². The summed E-state index contributed by atoms with van der Waals surface area (Å²) >= 11 is 0. The van der Waals surface area contributed by atoms with Crippen molar-refractivity contribution in [2.24, 2.45) is 0 Å². The summed E-state index contributed by atoms with van der Waals surface area (Å²) in [7, 11) is 0. The van der Waals surface area contributed by atoms with E-state index in [2.05, 4.69) is 0 Å². The number of ether oxygens (including phenoxy) is 10. The highest BCUT2D eigenvalue weighted by Gasteiger charge is 2.54. The van der Waals surface area contributed by atoms with Crippen molar-refractivity contribution in [1.29, 1.82) is 0 Å². The zero-order valence-electron chi connectivity index (χ0n) is 21.5. The van der Waals surface area contributed by atoms with E-state index >= 15 is 0 Å². The predicted molar refractivity (Wildman–Crippen MR) is 132 cm³/mol. The van der Waals surface area contributed by atoms with Crippen molar-refractivity contribution < 1.29 is 57.0 Å². The van der Waals surface area contributed by atoms with Gasteiger partial charge in [0, 0.05) is 0 Å². The first-order valence-corrected chi connectivity index (χ1v) is 13.1. The summed E-state index contributed by atoms with van der Waals surface area (Å²) in [5.74, 6) is -0.915. The lowest BCUT2D eigenvalue weighted by molar-refractivity contribution is -0.376. The van der Waals surface area contributed by atoms with Crippen molar-refractivity contribution in [2.45, 2.75) is 48.8 Å². The fraction of sp³-hybridized carbons (Fsp3) is 0.500. The first kappa shape index (κ1) is 27.2. The van der Waals surface area contributed by atoms with Gasteiger partial charge < -0.3 is 47.4 Å². The zero-order valence-corrected chi connectivity index (χ0v) is 21.5. The maximum absolute atomic E-state index is 12.5. The Balaban J connectivity index is 1.09. The minimum absolute atomic E-state index is 0.0230. The molecule has 0 aliphatic carbocycles. The van der Waals surface area contributed by atoms with Gasteiger partial charge in [-0.3, -0.25) is 0 Å². The van der Waals surface area contributed by atoms with E-state index in [9.17, 15) is 9.59 Å². The number of rotatable bonds is 7. The molecule has 12 nitrogen and oxygen atoms in total. The number of hydrogen-bond donors (Lipinski definition) is 0. The van der Waals surface area contributed by atoms with E-state index in [1.54, 1.807) is 48.5 Å². The Morgan fingerprint density at radius 1 is 0.500 bits per heavy atom. The highest BCUT2D eigenvalue weighted by Crippen LogP contribution is 2.35. The third-order valence-electron chi connectivity index (χ3n) is 7.26. The van der Waals surface area contributed by atoms with E-state index in [0.717, 1.165) is 0 Å². The molecule has 6 rings (SSSR count). The van der Waals surface area contributed by atoms with E-state index in [0.29, 0.717) is 11.1 Å². The molecule has 2 aromatic carbocycles. The Hall–Kier alpha value is -2.94. The second-order valence-electron chi connectivity index (χ2n) is 9.60. The van der Waals surface area contributed by atoms with Gasteiger partial charge in [-0.15, -0.1) is 0 Å². The molecule has 8 atom stereocenters. The molecule has 4 fully saturated rings. The highest BCUT2D eigenvalue weighted by atomic mass is 16.8. The van der Waals surface area contributed by atoms with Gasteiger partial charge in [-0.2, -0.15) is 0 Å². The summed E-state index contributed by atoms with van der Waals surface area (Å²) in [6, 6.07) is 17.4. The van der Waals surface area contributed by atoms with Crippen molar-refractivity contribution in [2.75, 3.05) is 40.4 Å².